The zero-order valence-corrected chi connectivity index (χ0v) is 14.4. The molecule has 2 fully saturated rings. The number of aromatic amines is 1. The molecule has 0 amide bonds. The van der Waals surface area contributed by atoms with Gasteiger partial charge in [-0.3, -0.25) is 0 Å². The lowest BCUT2D eigenvalue weighted by molar-refractivity contribution is 0.312. The number of anilines is 1. The van der Waals surface area contributed by atoms with E-state index in [1.165, 1.54) is 64.5 Å². The standard InChI is InChI=1S/C11H21N.C7H8N4/c1-2-3-4-8-12-9-7-11(10-12)5-6-11;1-8-6-5-2-3-9-7(5)11-4-10-6/h2-10H2,1H3;2-4H,1H3,(H2,8,9,10,11). The van der Waals surface area contributed by atoms with Crippen molar-refractivity contribution < 1.29 is 0 Å². The Morgan fingerprint density at radius 3 is 2.83 bits per heavy atom. The fourth-order valence-corrected chi connectivity index (χ4v) is 3.46. The maximum absolute atomic E-state index is 4.06. The van der Waals surface area contributed by atoms with Crippen molar-refractivity contribution in [2.24, 2.45) is 5.41 Å². The van der Waals surface area contributed by atoms with Gasteiger partial charge >= 0.3 is 0 Å². The van der Waals surface area contributed by atoms with E-state index in [9.17, 15) is 0 Å². The predicted octanol–water partition coefficient (Wildman–Crippen LogP) is 3.66. The summed E-state index contributed by atoms with van der Waals surface area (Å²) in [6.07, 6.45) is 12.1. The van der Waals surface area contributed by atoms with Crippen LogP contribution in [0.25, 0.3) is 11.0 Å². The van der Waals surface area contributed by atoms with Crippen molar-refractivity contribution in [3.05, 3.63) is 18.6 Å². The van der Waals surface area contributed by atoms with Gasteiger partial charge in [0, 0.05) is 19.8 Å². The normalized spacial score (nSPS) is 18.9. The average molecular weight is 315 g/mol. The third-order valence-corrected chi connectivity index (χ3v) is 5.14. The van der Waals surface area contributed by atoms with Crippen molar-refractivity contribution in [3.63, 3.8) is 0 Å². The van der Waals surface area contributed by atoms with E-state index in [2.05, 4.69) is 32.1 Å². The van der Waals surface area contributed by atoms with Crippen molar-refractivity contribution in [3.8, 4) is 0 Å². The molecule has 0 unspecified atom stereocenters. The Balaban J connectivity index is 0.000000136. The number of likely N-dealkylation sites (tertiary alicyclic amines) is 1. The number of hydrogen-bond acceptors (Lipinski definition) is 4. The number of H-pyrrole nitrogens is 1. The summed E-state index contributed by atoms with van der Waals surface area (Å²) in [6.45, 7) is 6.47. The van der Waals surface area contributed by atoms with E-state index in [1.54, 1.807) is 0 Å². The van der Waals surface area contributed by atoms with Gasteiger partial charge in [0.15, 0.2) is 0 Å². The fraction of sp³-hybridized carbons (Fsp3) is 0.667. The van der Waals surface area contributed by atoms with Gasteiger partial charge in [0.2, 0.25) is 0 Å². The van der Waals surface area contributed by atoms with Gasteiger partial charge in [0.05, 0.1) is 5.39 Å². The summed E-state index contributed by atoms with van der Waals surface area (Å²) in [4.78, 5) is 13.8. The molecule has 5 nitrogen and oxygen atoms in total. The molecule has 2 aromatic rings. The molecule has 2 aliphatic rings. The minimum absolute atomic E-state index is 0.839. The van der Waals surface area contributed by atoms with Gasteiger partial charge in [-0.05, 0) is 50.3 Å². The average Bonchev–Trinajstić information content (AvgIpc) is 2.99. The number of rotatable bonds is 5. The summed E-state index contributed by atoms with van der Waals surface area (Å²) in [6, 6.07) is 1.95. The second-order valence-electron chi connectivity index (χ2n) is 6.95. The molecule has 1 aliphatic heterocycles. The van der Waals surface area contributed by atoms with Crippen LogP contribution in [0.2, 0.25) is 0 Å². The monoisotopic (exact) mass is 315 g/mol. The third kappa shape index (κ3) is 4.02. The first kappa shape index (κ1) is 16.2. The van der Waals surface area contributed by atoms with Gasteiger partial charge < -0.3 is 15.2 Å². The van der Waals surface area contributed by atoms with Gasteiger partial charge in [-0.2, -0.15) is 0 Å². The molecule has 1 saturated carbocycles. The summed E-state index contributed by atoms with van der Waals surface area (Å²) < 4.78 is 0. The summed E-state index contributed by atoms with van der Waals surface area (Å²) in [5, 5.41) is 4.01. The van der Waals surface area contributed by atoms with Crippen LogP contribution in [-0.4, -0.2) is 46.5 Å². The Morgan fingerprint density at radius 1 is 1.26 bits per heavy atom. The van der Waals surface area contributed by atoms with E-state index in [0.29, 0.717) is 0 Å². The molecular weight excluding hydrogens is 286 g/mol. The number of nitrogens with zero attached hydrogens (tertiary/aromatic N) is 3. The zero-order valence-electron chi connectivity index (χ0n) is 14.4. The molecule has 1 spiro atoms. The van der Waals surface area contributed by atoms with E-state index in [-0.39, 0.29) is 0 Å². The van der Waals surface area contributed by atoms with Crippen molar-refractivity contribution >= 4 is 16.9 Å². The quantitative estimate of drug-likeness (QED) is 0.827. The van der Waals surface area contributed by atoms with Crippen molar-refractivity contribution in [2.45, 2.75) is 45.4 Å². The van der Waals surface area contributed by atoms with E-state index in [0.717, 1.165) is 22.3 Å². The summed E-state index contributed by atoms with van der Waals surface area (Å²) in [5.41, 5.74) is 1.70. The Morgan fingerprint density at radius 2 is 2.13 bits per heavy atom. The first-order valence-corrected chi connectivity index (χ1v) is 8.94. The van der Waals surface area contributed by atoms with Gasteiger partial charge in [-0.1, -0.05) is 19.8 Å². The molecule has 1 saturated heterocycles. The van der Waals surface area contributed by atoms with Crippen LogP contribution in [0, 0.1) is 5.41 Å². The minimum atomic E-state index is 0.839. The molecule has 0 bridgehead atoms. The molecule has 0 atom stereocenters. The second-order valence-corrected chi connectivity index (χ2v) is 6.95. The molecule has 2 aromatic heterocycles. The van der Waals surface area contributed by atoms with Crippen molar-refractivity contribution in [1.29, 1.82) is 0 Å². The highest BCUT2D eigenvalue weighted by Gasteiger charge is 2.47. The van der Waals surface area contributed by atoms with Crippen LogP contribution in [0.15, 0.2) is 18.6 Å². The SMILES string of the molecule is CCCCCN1CCC2(CC2)C1.CNc1ncnc2[nH]ccc12. The number of fused-ring (bicyclic) bond motifs is 1. The maximum Gasteiger partial charge on any atom is 0.142 e. The third-order valence-electron chi connectivity index (χ3n) is 5.14. The molecule has 2 N–H and O–H groups in total. The lowest BCUT2D eigenvalue weighted by Crippen LogP contribution is -2.22. The summed E-state index contributed by atoms with van der Waals surface area (Å²) in [5.74, 6) is 0.858. The molecule has 0 aromatic carbocycles. The van der Waals surface area contributed by atoms with Crippen molar-refractivity contribution in [2.75, 3.05) is 32.0 Å². The van der Waals surface area contributed by atoms with Gasteiger partial charge in [-0.15, -0.1) is 0 Å². The smallest absolute Gasteiger partial charge is 0.142 e. The van der Waals surface area contributed by atoms with Crippen LogP contribution in [0.4, 0.5) is 5.82 Å². The fourth-order valence-electron chi connectivity index (χ4n) is 3.46. The number of unbranched alkanes of at least 4 members (excludes halogenated alkanes) is 2. The topological polar surface area (TPSA) is 56.8 Å². The number of hydrogen-bond donors (Lipinski definition) is 2. The molecule has 4 rings (SSSR count). The molecule has 0 radical (unpaired) electrons. The van der Waals surface area contributed by atoms with Crippen LogP contribution < -0.4 is 5.32 Å². The molecule has 1 aliphatic carbocycles. The van der Waals surface area contributed by atoms with Crippen LogP contribution in [0.5, 0.6) is 0 Å². The summed E-state index contributed by atoms with van der Waals surface area (Å²) >= 11 is 0. The lowest BCUT2D eigenvalue weighted by Gasteiger charge is -2.14. The Hall–Kier alpha value is -1.62. The highest BCUT2D eigenvalue weighted by molar-refractivity contribution is 5.86. The second kappa shape index (κ2) is 7.30. The lowest BCUT2D eigenvalue weighted by atomic mass is 10.1. The Bertz CT molecular complexity index is 617. The van der Waals surface area contributed by atoms with Crippen LogP contribution in [-0.2, 0) is 0 Å². The van der Waals surface area contributed by atoms with E-state index < -0.39 is 0 Å². The first-order chi connectivity index (χ1) is 11.3. The Kier molecular flexibility index (Phi) is 5.16. The Labute approximate surface area is 138 Å². The largest absolute Gasteiger partial charge is 0.372 e. The molecule has 23 heavy (non-hydrogen) atoms. The molecular formula is C18H29N5. The van der Waals surface area contributed by atoms with Gasteiger partial charge in [0.1, 0.15) is 17.8 Å². The first-order valence-electron chi connectivity index (χ1n) is 8.94. The van der Waals surface area contributed by atoms with Crippen molar-refractivity contribution in [1.82, 2.24) is 19.9 Å². The van der Waals surface area contributed by atoms with E-state index in [1.807, 2.05) is 19.3 Å². The molecule has 5 heteroatoms. The van der Waals surface area contributed by atoms with Crippen LogP contribution in [0.1, 0.15) is 45.4 Å². The van der Waals surface area contributed by atoms with E-state index in [4.69, 9.17) is 0 Å². The predicted molar refractivity (Wildman–Crippen MR) is 95.7 cm³/mol. The zero-order chi connectivity index (χ0) is 16.1. The highest BCUT2D eigenvalue weighted by Crippen LogP contribution is 2.52. The molecule has 126 valence electrons. The minimum Gasteiger partial charge on any atom is -0.372 e. The van der Waals surface area contributed by atoms with Crippen LogP contribution in [0.3, 0.4) is 0 Å². The number of aromatic nitrogens is 3. The number of nitrogens with one attached hydrogen (secondary N) is 2. The highest BCUT2D eigenvalue weighted by atomic mass is 15.2. The van der Waals surface area contributed by atoms with Crippen LogP contribution >= 0.6 is 0 Å². The molecule has 3 heterocycles. The van der Waals surface area contributed by atoms with E-state index >= 15 is 0 Å². The summed E-state index contributed by atoms with van der Waals surface area (Å²) in [7, 11) is 1.84. The van der Waals surface area contributed by atoms with Gasteiger partial charge in [-0.25, -0.2) is 9.97 Å². The maximum atomic E-state index is 4.06. The van der Waals surface area contributed by atoms with Gasteiger partial charge in [0.25, 0.3) is 0 Å².